The summed E-state index contributed by atoms with van der Waals surface area (Å²) in [5, 5.41) is 6.90. The molecule has 4 nitrogen and oxygen atoms in total. The summed E-state index contributed by atoms with van der Waals surface area (Å²) in [6.45, 7) is 9.84. The van der Waals surface area contributed by atoms with Crippen molar-refractivity contribution in [3.05, 3.63) is 0 Å². The van der Waals surface area contributed by atoms with Crippen LogP contribution in [0.4, 0.5) is 0 Å². The molecule has 1 aliphatic carbocycles. The van der Waals surface area contributed by atoms with E-state index in [9.17, 15) is 0 Å². The smallest absolute Gasteiger partial charge is 0.191 e. The lowest BCUT2D eigenvalue weighted by Crippen LogP contribution is -2.44. The first-order valence-corrected chi connectivity index (χ1v) is 7.88. The zero-order valence-electron chi connectivity index (χ0n) is 12.9. The minimum Gasteiger partial charge on any atom is -0.382 e. The van der Waals surface area contributed by atoms with Crippen LogP contribution in [0.15, 0.2) is 4.99 Å². The van der Waals surface area contributed by atoms with Crippen molar-refractivity contribution in [3.8, 4) is 0 Å². The molecule has 2 N–H and O–H groups in total. The Labute approximate surface area is 118 Å². The lowest BCUT2D eigenvalue weighted by molar-refractivity contribution is 0.146. The predicted molar refractivity (Wildman–Crippen MR) is 81.6 cm³/mol. The summed E-state index contributed by atoms with van der Waals surface area (Å²) in [4.78, 5) is 4.61. The van der Waals surface area contributed by atoms with Gasteiger partial charge in [-0.2, -0.15) is 0 Å². The van der Waals surface area contributed by atoms with E-state index in [1.807, 2.05) is 6.92 Å². The van der Waals surface area contributed by atoms with Crippen LogP contribution < -0.4 is 10.6 Å². The van der Waals surface area contributed by atoms with E-state index >= 15 is 0 Å². The van der Waals surface area contributed by atoms with Crippen LogP contribution >= 0.6 is 0 Å². The molecule has 1 rings (SSSR count). The van der Waals surface area contributed by atoms with Crippen molar-refractivity contribution in [2.45, 2.75) is 58.9 Å². The molecule has 0 heterocycles. The highest BCUT2D eigenvalue weighted by Gasteiger charge is 2.18. The molecule has 1 saturated carbocycles. The molecule has 0 aromatic rings. The molecular weight excluding hydrogens is 238 g/mol. The number of aliphatic imine (C=N–C) groups is 1. The van der Waals surface area contributed by atoms with Crippen molar-refractivity contribution < 1.29 is 4.74 Å². The van der Waals surface area contributed by atoms with Crippen molar-refractivity contribution in [2.24, 2.45) is 10.9 Å². The normalized spacial score (nSPS) is 24.3. The van der Waals surface area contributed by atoms with E-state index < -0.39 is 0 Å². The maximum atomic E-state index is 5.33. The molecule has 0 aliphatic heterocycles. The maximum absolute atomic E-state index is 5.33. The molecule has 0 bridgehead atoms. The SMILES string of the molecule is CCNC(=NCCCOCC)NC1CCC(C)CC1. The summed E-state index contributed by atoms with van der Waals surface area (Å²) < 4.78 is 5.33. The molecule has 0 aromatic heterocycles. The van der Waals surface area contributed by atoms with Gasteiger partial charge in [-0.15, -0.1) is 0 Å². The average Bonchev–Trinajstić information content (AvgIpc) is 2.41. The van der Waals surface area contributed by atoms with E-state index in [-0.39, 0.29) is 0 Å². The molecule has 0 saturated heterocycles. The van der Waals surface area contributed by atoms with Crippen molar-refractivity contribution in [2.75, 3.05) is 26.3 Å². The van der Waals surface area contributed by atoms with Crippen molar-refractivity contribution in [1.82, 2.24) is 10.6 Å². The minimum absolute atomic E-state index is 0.598. The van der Waals surface area contributed by atoms with Gasteiger partial charge in [-0.25, -0.2) is 0 Å². The Morgan fingerprint density at radius 3 is 2.58 bits per heavy atom. The first kappa shape index (κ1) is 16.3. The van der Waals surface area contributed by atoms with Gasteiger partial charge in [-0.3, -0.25) is 4.99 Å². The van der Waals surface area contributed by atoms with Gasteiger partial charge in [0.25, 0.3) is 0 Å². The molecular formula is C15H31N3O. The molecule has 0 unspecified atom stereocenters. The summed E-state index contributed by atoms with van der Waals surface area (Å²) in [5.41, 5.74) is 0. The third kappa shape index (κ3) is 7.41. The van der Waals surface area contributed by atoms with E-state index in [0.29, 0.717) is 6.04 Å². The third-order valence-corrected chi connectivity index (χ3v) is 3.62. The number of guanidine groups is 1. The van der Waals surface area contributed by atoms with E-state index in [4.69, 9.17) is 4.74 Å². The Morgan fingerprint density at radius 2 is 1.95 bits per heavy atom. The third-order valence-electron chi connectivity index (χ3n) is 3.62. The molecule has 112 valence electrons. The van der Waals surface area contributed by atoms with E-state index in [2.05, 4.69) is 29.5 Å². The van der Waals surface area contributed by atoms with Crippen LogP contribution in [0.25, 0.3) is 0 Å². The topological polar surface area (TPSA) is 45.7 Å². The fraction of sp³-hybridized carbons (Fsp3) is 0.933. The summed E-state index contributed by atoms with van der Waals surface area (Å²) in [7, 11) is 0. The predicted octanol–water partition coefficient (Wildman–Crippen LogP) is 2.55. The highest BCUT2D eigenvalue weighted by molar-refractivity contribution is 5.80. The fourth-order valence-corrected chi connectivity index (χ4v) is 2.42. The van der Waals surface area contributed by atoms with Gasteiger partial charge in [0.2, 0.25) is 0 Å². The Kier molecular flexibility index (Phi) is 8.63. The van der Waals surface area contributed by atoms with Gasteiger partial charge in [0.05, 0.1) is 0 Å². The van der Waals surface area contributed by atoms with Gasteiger partial charge >= 0.3 is 0 Å². The Morgan fingerprint density at radius 1 is 1.21 bits per heavy atom. The van der Waals surface area contributed by atoms with Crippen LogP contribution in [0.3, 0.4) is 0 Å². The monoisotopic (exact) mass is 269 g/mol. The largest absolute Gasteiger partial charge is 0.382 e. The van der Waals surface area contributed by atoms with Crippen molar-refractivity contribution in [1.29, 1.82) is 0 Å². The lowest BCUT2D eigenvalue weighted by Gasteiger charge is -2.28. The number of hydrogen-bond acceptors (Lipinski definition) is 2. The summed E-state index contributed by atoms with van der Waals surface area (Å²) in [6, 6.07) is 0.598. The molecule has 0 spiro atoms. The molecule has 0 aromatic carbocycles. The Bertz CT molecular complexity index is 248. The van der Waals surface area contributed by atoms with Crippen LogP contribution in [0.2, 0.25) is 0 Å². The summed E-state index contributed by atoms with van der Waals surface area (Å²) in [6.07, 6.45) is 6.20. The quantitative estimate of drug-likeness (QED) is 0.424. The fourth-order valence-electron chi connectivity index (χ4n) is 2.42. The highest BCUT2D eigenvalue weighted by atomic mass is 16.5. The van der Waals surface area contributed by atoms with E-state index in [0.717, 1.165) is 44.6 Å². The van der Waals surface area contributed by atoms with Gasteiger partial charge < -0.3 is 15.4 Å². The van der Waals surface area contributed by atoms with Gasteiger partial charge in [-0.05, 0) is 51.9 Å². The van der Waals surface area contributed by atoms with E-state index in [1.54, 1.807) is 0 Å². The van der Waals surface area contributed by atoms with E-state index in [1.165, 1.54) is 25.7 Å². The molecule has 0 radical (unpaired) electrons. The maximum Gasteiger partial charge on any atom is 0.191 e. The zero-order chi connectivity index (χ0) is 13.9. The second-order valence-corrected chi connectivity index (χ2v) is 5.41. The Hall–Kier alpha value is -0.770. The van der Waals surface area contributed by atoms with Crippen molar-refractivity contribution >= 4 is 5.96 Å². The van der Waals surface area contributed by atoms with Gasteiger partial charge in [-0.1, -0.05) is 6.92 Å². The summed E-state index contributed by atoms with van der Waals surface area (Å²) in [5.74, 6) is 1.86. The number of ether oxygens (including phenoxy) is 1. The molecule has 0 atom stereocenters. The van der Waals surface area contributed by atoms with Gasteiger partial charge in [0.1, 0.15) is 0 Å². The highest BCUT2D eigenvalue weighted by Crippen LogP contribution is 2.23. The summed E-state index contributed by atoms with van der Waals surface area (Å²) >= 11 is 0. The minimum atomic E-state index is 0.598. The molecule has 19 heavy (non-hydrogen) atoms. The first-order chi connectivity index (χ1) is 9.26. The van der Waals surface area contributed by atoms with Gasteiger partial charge in [0.15, 0.2) is 5.96 Å². The van der Waals surface area contributed by atoms with Crippen LogP contribution in [-0.2, 0) is 4.74 Å². The lowest BCUT2D eigenvalue weighted by atomic mass is 9.87. The molecule has 4 heteroatoms. The molecule has 1 fully saturated rings. The number of nitrogens with zero attached hydrogens (tertiary/aromatic N) is 1. The standard InChI is InChI=1S/C15H31N3O/c1-4-16-15(17-11-6-12-19-5-2)18-14-9-7-13(3)8-10-14/h13-14H,4-12H2,1-3H3,(H2,16,17,18). The number of nitrogens with one attached hydrogen (secondary N) is 2. The first-order valence-electron chi connectivity index (χ1n) is 7.88. The van der Waals surface area contributed by atoms with Crippen LogP contribution in [0, 0.1) is 5.92 Å². The van der Waals surface area contributed by atoms with Crippen LogP contribution in [-0.4, -0.2) is 38.3 Å². The van der Waals surface area contributed by atoms with Crippen LogP contribution in [0.1, 0.15) is 52.9 Å². The number of hydrogen-bond donors (Lipinski definition) is 2. The molecule has 1 aliphatic rings. The second kappa shape index (κ2) is 10.1. The van der Waals surface area contributed by atoms with Crippen molar-refractivity contribution in [3.63, 3.8) is 0 Å². The number of rotatable bonds is 7. The molecule has 0 amide bonds. The van der Waals surface area contributed by atoms with Crippen LogP contribution in [0.5, 0.6) is 0 Å². The average molecular weight is 269 g/mol. The Balaban J connectivity index is 2.28. The van der Waals surface area contributed by atoms with Gasteiger partial charge in [0, 0.05) is 32.3 Å². The zero-order valence-corrected chi connectivity index (χ0v) is 12.9. The second-order valence-electron chi connectivity index (χ2n) is 5.41.